The van der Waals surface area contributed by atoms with E-state index in [-0.39, 0.29) is 30.1 Å². The first-order chi connectivity index (χ1) is 14.5. The van der Waals surface area contributed by atoms with Crippen LogP contribution in [0.2, 0.25) is 0 Å². The number of hydrogen-bond donors (Lipinski definition) is 1. The van der Waals surface area contributed by atoms with Crippen molar-refractivity contribution in [2.75, 3.05) is 10.2 Å². The van der Waals surface area contributed by atoms with Crippen molar-refractivity contribution in [2.24, 2.45) is 0 Å². The number of non-ortho nitro benzene ring substituents is 1. The monoisotopic (exact) mass is 401 g/mol. The normalized spacial score (nSPS) is 17.8. The lowest BCUT2D eigenvalue weighted by molar-refractivity contribution is -0.384. The largest absolute Gasteiger partial charge is 0.378 e. The van der Waals surface area contributed by atoms with Crippen molar-refractivity contribution in [3.05, 3.63) is 100 Å². The number of para-hydroxylation sites is 2. The topological polar surface area (TPSA) is 75.5 Å². The fraction of sp³-hybridized carbons (Fsp3) is 0.208. The van der Waals surface area contributed by atoms with Gasteiger partial charge in [-0.3, -0.25) is 14.9 Å². The van der Waals surface area contributed by atoms with Crippen LogP contribution in [-0.2, 0) is 11.2 Å². The van der Waals surface area contributed by atoms with Gasteiger partial charge in [0.2, 0.25) is 5.91 Å². The number of nitro benzene ring substituents is 1. The molecule has 1 N–H and O–H groups in total. The maximum atomic E-state index is 13.2. The molecule has 2 atom stereocenters. The summed E-state index contributed by atoms with van der Waals surface area (Å²) < 4.78 is 0. The average molecular weight is 401 g/mol. The van der Waals surface area contributed by atoms with E-state index in [0.29, 0.717) is 0 Å². The van der Waals surface area contributed by atoms with Gasteiger partial charge in [0.25, 0.3) is 5.69 Å². The first-order valence-corrected chi connectivity index (χ1v) is 9.99. The summed E-state index contributed by atoms with van der Waals surface area (Å²) in [5.41, 5.74) is 3.85. The molecule has 1 aliphatic rings. The van der Waals surface area contributed by atoms with Crippen molar-refractivity contribution >= 4 is 23.0 Å². The van der Waals surface area contributed by atoms with E-state index in [0.717, 1.165) is 28.9 Å². The van der Waals surface area contributed by atoms with Crippen LogP contribution in [0.5, 0.6) is 0 Å². The summed E-state index contributed by atoms with van der Waals surface area (Å²) in [4.78, 5) is 25.5. The highest BCUT2D eigenvalue weighted by atomic mass is 16.6. The summed E-state index contributed by atoms with van der Waals surface area (Å²) in [5, 5.41) is 14.4. The maximum Gasteiger partial charge on any atom is 0.269 e. The Morgan fingerprint density at radius 2 is 1.70 bits per heavy atom. The number of anilines is 2. The lowest BCUT2D eigenvalue weighted by atomic mass is 9.91. The molecule has 30 heavy (non-hydrogen) atoms. The van der Waals surface area contributed by atoms with E-state index >= 15 is 0 Å². The summed E-state index contributed by atoms with van der Waals surface area (Å²) in [6.45, 7) is 2.06. The summed E-state index contributed by atoms with van der Waals surface area (Å²) >= 11 is 0. The molecule has 1 amide bonds. The van der Waals surface area contributed by atoms with Crippen molar-refractivity contribution in [3.63, 3.8) is 0 Å². The molecule has 0 spiro atoms. The molecule has 1 aliphatic heterocycles. The molecule has 0 aliphatic carbocycles. The fourth-order valence-corrected chi connectivity index (χ4v) is 4.06. The lowest BCUT2D eigenvalue weighted by Gasteiger charge is -2.40. The van der Waals surface area contributed by atoms with Crippen molar-refractivity contribution in [2.45, 2.75) is 31.8 Å². The van der Waals surface area contributed by atoms with Crippen LogP contribution in [0.3, 0.4) is 0 Å². The number of fused-ring (bicyclic) bond motifs is 1. The molecule has 6 nitrogen and oxygen atoms in total. The van der Waals surface area contributed by atoms with E-state index in [4.69, 9.17) is 0 Å². The van der Waals surface area contributed by atoms with E-state index < -0.39 is 4.92 Å². The van der Waals surface area contributed by atoms with Crippen LogP contribution in [0.25, 0.3) is 0 Å². The number of benzene rings is 3. The van der Waals surface area contributed by atoms with Gasteiger partial charge in [-0.25, -0.2) is 0 Å². The minimum atomic E-state index is -0.436. The molecular weight excluding hydrogens is 378 g/mol. The molecule has 0 aromatic heterocycles. The molecule has 3 aromatic carbocycles. The summed E-state index contributed by atoms with van der Waals surface area (Å²) in [6.07, 6.45) is 0.991. The van der Waals surface area contributed by atoms with Gasteiger partial charge < -0.3 is 10.2 Å². The Morgan fingerprint density at radius 1 is 1.03 bits per heavy atom. The highest BCUT2D eigenvalue weighted by molar-refractivity contribution is 5.96. The lowest BCUT2D eigenvalue weighted by Crippen LogP contribution is -2.45. The van der Waals surface area contributed by atoms with Crippen molar-refractivity contribution in [1.82, 2.24) is 0 Å². The summed E-state index contributed by atoms with van der Waals surface area (Å²) in [6, 6.07) is 24.4. The van der Waals surface area contributed by atoms with Gasteiger partial charge >= 0.3 is 0 Å². The van der Waals surface area contributed by atoms with E-state index in [9.17, 15) is 14.9 Å². The first-order valence-electron chi connectivity index (χ1n) is 9.99. The fourth-order valence-electron chi connectivity index (χ4n) is 4.06. The smallest absolute Gasteiger partial charge is 0.269 e. The Labute approximate surface area is 175 Å². The Morgan fingerprint density at radius 3 is 2.40 bits per heavy atom. The number of rotatable bonds is 5. The quantitative estimate of drug-likeness (QED) is 0.476. The van der Waals surface area contributed by atoms with Crippen LogP contribution in [-0.4, -0.2) is 16.9 Å². The molecule has 152 valence electrons. The summed E-state index contributed by atoms with van der Waals surface area (Å²) in [5.74, 6) is -0.0121. The molecule has 1 heterocycles. The molecule has 0 fully saturated rings. The number of nitrogens with zero attached hydrogens (tertiary/aromatic N) is 2. The standard InChI is InChI=1S/C24H23N3O3/c1-17-15-22(25-19-7-3-2-4-8-19)21-9-5-6-10-23(21)26(17)24(28)16-18-11-13-20(14-12-18)27(29)30/h2-14,17,22,25H,15-16H2,1H3/t17-,22+/m1/s1. The first kappa shape index (κ1) is 19.6. The summed E-state index contributed by atoms with van der Waals surface area (Å²) in [7, 11) is 0. The van der Waals surface area contributed by atoms with Gasteiger partial charge in [0.1, 0.15) is 0 Å². The molecule has 6 heteroatoms. The number of hydrogen-bond acceptors (Lipinski definition) is 4. The molecule has 0 saturated heterocycles. The molecule has 0 unspecified atom stereocenters. The SMILES string of the molecule is C[C@@H]1C[C@H](Nc2ccccc2)c2ccccc2N1C(=O)Cc1ccc([N+](=O)[O-])cc1. The Kier molecular flexibility index (Phi) is 5.48. The zero-order valence-electron chi connectivity index (χ0n) is 16.7. The Hall–Kier alpha value is -3.67. The van der Waals surface area contributed by atoms with Gasteiger partial charge in [0.05, 0.1) is 17.4 Å². The number of amides is 1. The van der Waals surface area contributed by atoms with E-state index in [1.54, 1.807) is 12.1 Å². The van der Waals surface area contributed by atoms with Crippen LogP contribution in [0.1, 0.15) is 30.5 Å². The third-order valence-electron chi connectivity index (χ3n) is 5.48. The molecular formula is C24H23N3O3. The molecule has 0 bridgehead atoms. The van der Waals surface area contributed by atoms with Crippen LogP contribution in [0.15, 0.2) is 78.9 Å². The number of carbonyl (C=O) groups excluding carboxylic acids is 1. The molecule has 0 saturated carbocycles. The third-order valence-corrected chi connectivity index (χ3v) is 5.48. The second kappa shape index (κ2) is 8.37. The molecule has 4 rings (SSSR count). The predicted octanol–water partition coefficient (Wildman–Crippen LogP) is 5.12. The van der Waals surface area contributed by atoms with E-state index in [1.165, 1.54) is 12.1 Å². The zero-order chi connectivity index (χ0) is 21.1. The van der Waals surface area contributed by atoms with Crippen LogP contribution >= 0.6 is 0 Å². The Bertz CT molecular complexity index is 1050. The van der Waals surface area contributed by atoms with Gasteiger partial charge in [-0.1, -0.05) is 48.5 Å². The van der Waals surface area contributed by atoms with Crippen LogP contribution in [0, 0.1) is 10.1 Å². The highest BCUT2D eigenvalue weighted by Gasteiger charge is 2.33. The van der Waals surface area contributed by atoms with E-state index in [1.807, 2.05) is 53.4 Å². The maximum absolute atomic E-state index is 13.2. The highest BCUT2D eigenvalue weighted by Crippen LogP contribution is 2.39. The number of carbonyl (C=O) groups is 1. The second-order valence-electron chi connectivity index (χ2n) is 7.57. The van der Waals surface area contributed by atoms with Gasteiger partial charge in [0.15, 0.2) is 0 Å². The Balaban J connectivity index is 1.57. The van der Waals surface area contributed by atoms with Gasteiger partial charge in [0, 0.05) is 29.5 Å². The average Bonchev–Trinajstić information content (AvgIpc) is 2.75. The van der Waals surface area contributed by atoms with E-state index in [2.05, 4.69) is 18.3 Å². The molecule has 3 aromatic rings. The van der Waals surface area contributed by atoms with Crippen molar-refractivity contribution < 1.29 is 9.72 Å². The van der Waals surface area contributed by atoms with Gasteiger partial charge in [-0.05, 0) is 42.7 Å². The third kappa shape index (κ3) is 4.03. The predicted molar refractivity (Wildman–Crippen MR) is 118 cm³/mol. The van der Waals surface area contributed by atoms with Gasteiger partial charge in [-0.15, -0.1) is 0 Å². The number of nitro groups is 1. The second-order valence-corrected chi connectivity index (χ2v) is 7.57. The van der Waals surface area contributed by atoms with Crippen molar-refractivity contribution in [3.8, 4) is 0 Å². The minimum absolute atomic E-state index is 0.0121. The minimum Gasteiger partial charge on any atom is -0.378 e. The van der Waals surface area contributed by atoms with Crippen LogP contribution < -0.4 is 10.2 Å². The molecule has 0 radical (unpaired) electrons. The van der Waals surface area contributed by atoms with Gasteiger partial charge in [-0.2, -0.15) is 0 Å². The van der Waals surface area contributed by atoms with Crippen LogP contribution in [0.4, 0.5) is 17.1 Å². The van der Waals surface area contributed by atoms with Crippen molar-refractivity contribution in [1.29, 1.82) is 0 Å². The zero-order valence-corrected chi connectivity index (χ0v) is 16.7. The number of nitrogens with one attached hydrogen (secondary N) is 1.